The van der Waals surface area contributed by atoms with Crippen LogP contribution in [0.3, 0.4) is 0 Å². The number of benzene rings is 1. The van der Waals surface area contributed by atoms with Gasteiger partial charge in [0, 0.05) is 29.9 Å². The van der Waals surface area contributed by atoms with Crippen LogP contribution in [0.1, 0.15) is 25.0 Å². The first-order valence-corrected chi connectivity index (χ1v) is 8.04. The maximum absolute atomic E-state index is 4.65. The average molecular weight is 283 g/mol. The molecule has 3 rings (SSSR count). The first kappa shape index (κ1) is 14.3. The zero-order valence-corrected chi connectivity index (χ0v) is 13.1. The van der Waals surface area contributed by atoms with E-state index in [9.17, 15) is 0 Å². The van der Waals surface area contributed by atoms with Crippen LogP contribution in [0.25, 0.3) is 10.9 Å². The van der Waals surface area contributed by atoms with Crippen LogP contribution in [0.2, 0.25) is 0 Å². The number of para-hydroxylation sites is 1. The third kappa shape index (κ3) is 3.18. The predicted octanol–water partition coefficient (Wildman–Crippen LogP) is 3.37. The molecule has 0 radical (unpaired) electrons. The van der Waals surface area contributed by atoms with Crippen molar-refractivity contribution >= 4 is 16.6 Å². The van der Waals surface area contributed by atoms with Crippen molar-refractivity contribution in [3.8, 4) is 0 Å². The van der Waals surface area contributed by atoms with Gasteiger partial charge in [-0.05, 0) is 57.8 Å². The Morgan fingerprint density at radius 3 is 2.76 bits per heavy atom. The number of aryl methyl sites for hydroxylation is 1. The summed E-state index contributed by atoms with van der Waals surface area (Å²) in [5.74, 6) is 0.878. The molecule has 1 fully saturated rings. The molecule has 3 nitrogen and oxygen atoms in total. The molecular weight excluding hydrogens is 258 g/mol. The van der Waals surface area contributed by atoms with Gasteiger partial charge in [0.25, 0.3) is 0 Å². The fourth-order valence-electron chi connectivity index (χ4n) is 3.36. The van der Waals surface area contributed by atoms with Crippen LogP contribution in [-0.4, -0.2) is 31.7 Å². The second kappa shape index (κ2) is 6.44. The number of pyridine rings is 1. The number of anilines is 1. The van der Waals surface area contributed by atoms with Crippen molar-refractivity contribution in [2.45, 2.75) is 26.2 Å². The summed E-state index contributed by atoms with van der Waals surface area (Å²) in [6.07, 6.45) is 3.91. The summed E-state index contributed by atoms with van der Waals surface area (Å²) in [6, 6.07) is 10.7. The second-order valence-electron chi connectivity index (χ2n) is 6.12. The van der Waals surface area contributed by atoms with Crippen molar-refractivity contribution in [3.05, 3.63) is 36.0 Å². The fourth-order valence-corrected chi connectivity index (χ4v) is 3.36. The molecule has 2 aromatic rings. The highest BCUT2D eigenvalue weighted by Gasteiger charge is 2.20. The molecule has 0 unspecified atom stereocenters. The largest absolute Gasteiger partial charge is 0.371 e. The fraction of sp³-hybridized carbons (Fsp3) is 0.500. The Hall–Kier alpha value is -1.61. The molecule has 0 atom stereocenters. The van der Waals surface area contributed by atoms with Crippen LogP contribution in [-0.2, 0) is 0 Å². The first-order chi connectivity index (χ1) is 10.3. The normalized spacial score (nSPS) is 16.6. The van der Waals surface area contributed by atoms with Gasteiger partial charge >= 0.3 is 0 Å². The lowest BCUT2D eigenvalue weighted by atomic mass is 9.93. The summed E-state index contributed by atoms with van der Waals surface area (Å²) in [5.41, 5.74) is 3.59. The van der Waals surface area contributed by atoms with Crippen LogP contribution in [0.15, 0.2) is 30.3 Å². The number of nitrogens with one attached hydrogen (secondary N) is 1. The minimum atomic E-state index is 0.878. The summed E-state index contributed by atoms with van der Waals surface area (Å²) < 4.78 is 0. The third-order valence-electron chi connectivity index (χ3n) is 4.58. The molecule has 1 aromatic heterocycles. The van der Waals surface area contributed by atoms with Gasteiger partial charge in [-0.15, -0.1) is 0 Å². The Labute approximate surface area is 127 Å². The lowest BCUT2D eigenvalue weighted by Crippen LogP contribution is -2.34. The molecule has 1 saturated heterocycles. The molecule has 1 aromatic carbocycles. The van der Waals surface area contributed by atoms with Crippen LogP contribution in [0, 0.1) is 12.8 Å². The van der Waals surface area contributed by atoms with Gasteiger partial charge in [-0.1, -0.05) is 18.2 Å². The highest BCUT2D eigenvalue weighted by Crippen LogP contribution is 2.30. The molecule has 0 aliphatic carbocycles. The maximum Gasteiger partial charge on any atom is 0.0726 e. The number of rotatable bonds is 4. The minimum absolute atomic E-state index is 0.878. The summed E-state index contributed by atoms with van der Waals surface area (Å²) in [5, 5.41) is 4.56. The van der Waals surface area contributed by atoms with E-state index in [0.717, 1.165) is 23.7 Å². The topological polar surface area (TPSA) is 28.2 Å². The standard InChI is InChI=1S/C18H25N3/c1-14-13-18(16-5-3-4-6-17(16)20-14)21-11-8-15(9-12-21)7-10-19-2/h3-6,13,15,19H,7-12H2,1-2H3. The Morgan fingerprint density at radius 2 is 2.00 bits per heavy atom. The quantitative estimate of drug-likeness (QED) is 0.932. The van der Waals surface area contributed by atoms with Gasteiger partial charge in [0.15, 0.2) is 0 Å². The van der Waals surface area contributed by atoms with Crippen molar-refractivity contribution in [2.24, 2.45) is 5.92 Å². The molecule has 3 heteroatoms. The van der Waals surface area contributed by atoms with E-state index in [1.54, 1.807) is 0 Å². The number of aromatic nitrogens is 1. The van der Waals surface area contributed by atoms with E-state index < -0.39 is 0 Å². The number of fused-ring (bicyclic) bond motifs is 1. The minimum Gasteiger partial charge on any atom is -0.371 e. The van der Waals surface area contributed by atoms with Crippen molar-refractivity contribution in [3.63, 3.8) is 0 Å². The maximum atomic E-state index is 4.65. The number of hydrogen-bond acceptors (Lipinski definition) is 3. The summed E-state index contributed by atoms with van der Waals surface area (Å²) in [7, 11) is 2.04. The van der Waals surface area contributed by atoms with Crippen LogP contribution < -0.4 is 10.2 Å². The molecule has 0 amide bonds. The van der Waals surface area contributed by atoms with Crippen LogP contribution in [0.5, 0.6) is 0 Å². The number of nitrogens with zero attached hydrogens (tertiary/aromatic N) is 2. The van der Waals surface area contributed by atoms with Crippen molar-refractivity contribution < 1.29 is 0 Å². The number of piperidine rings is 1. The molecule has 0 saturated carbocycles. The van der Waals surface area contributed by atoms with Gasteiger partial charge < -0.3 is 10.2 Å². The summed E-state index contributed by atoms with van der Waals surface area (Å²) >= 11 is 0. The lowest BCUT2D eigenvalue weighted by molar-refractivity contribution is 0.378. The van der Waals surface area contributed by atoms with E-state index >= 15 is 0 Å². The molecule has 1 aliphatic rings. The van der Waals surface area contributed by atoms with E-state index in [1.807, 2.05) is 7.05 Å². The van der Waals surface area contributed by atoms with Crippen molar-refractivity contribution in [1.82, 2.24) is 10.3 Å². The summed E-state index contributed by atoms with van der Waals surface area (Å²) in [6.45, 7) is 5.57. The highest BCUT2D eigenvalue weighted by atomic mass is 15.1. The second-order valence-corrected chi connectivity index (χ2v) is 6.12. The summed E-state index contributed by atoms with van der Waals surface area (Å²) in [4.78, 5) is 7.20. The zero-order chi connectivity index (χ0) is 14.7. The van der Waals surface area contributed by atoms with Gasteiger partial charge in [0.05, 0.1) is 5.52 Å². The highest BCUT2D eigenvalue weighted by molar-refractivity contribution is 5.92. The van der Waals surface area contributed by atoms with Crippen LogP contribution >= 0.6 is 0 Å². The molecule has 21 heavy (non-hydrogen) atoms. The molecule has 0 spiro atoms. The molecule has 1 N–H and O–H groups in total. The lowest BCUT2D eigenvalue weighted by Gasteiger charge is -2.34. The SMILES string of the molecule is CNCCC1CCN(c2cc(C)nc3ccccc23)CC1. The third-order valence-corrected chi connectivity index (χ3v) is 4.58. The predicted molar refractivity (Wildman–Crippen MR) is 90.0 cm³/mol. The molecule has 1 aliphatic heterocycles. The average Bonchev–Trinajstić information content (AvgIpc) is 2.52. The molecule has 112 valence electrons. The van der Waals surface area contributed by atoms with Gasteiger partial charge in [0.1, 0.15) is 0 Å². The van der Waals surface area contributed by atoms with E-state index in [0.29, 0.717) is 0 Å². The Kier molecular flexibility index (Phi) is 4.39. The van der Waals surface area contributed by atoms with Gasteiger partial charge in [0.2, 0.25) is 0 Å². The molecule has 0 bridgehead atoms. The Morgan fingerprint density at radius 1 is 1.24 bits per heavy atom. The van der Waals surface area contributed by atoms with E-state index in [-0.39, 0.29) is 0 Å². The van der Waals surface area contributed by atoms with Crippen LogP contribution in [0.4, 0.5) is 5.69 Å². The smallest absolute Gasteiger partial charge is 0.0726 e. The number of hydrogen-bond donors (Lipinski definition) is 1. The van der Waals surface area contributed by atoms with Crippen molar-refractivity contribution in [2.75, 3.05) is 31.6 Å². The van der Waals surface area contributed by atoms with E-state index in [2.05, 4.69) is 52.5 Å². The Bertz CT molecular complexity index is 600. The Balaban J connectivity index is 1.79. The van der Waals surface area contributed by atoms with E-state index in [4.69, 9.17) is 0 Å². The molecular formula is C18H25N3. The zero-order valence-electron chi connectivity index (χ0n) is 13.1. The van der Waals surface area contributed by atoms with Gasteiger partial charge in [-0.25, -0.2) is 0 Å². The van der Waals surface area contributed by atoms with Gasteiger partial charge in [-0.3, -0.25) is 4.98 Å². The van der Waals surface area contributed by atoms with E-state index in [1.165, 1.54) is 43.4 Å². The molecule has 2 heterocycles. The monoisotopic (exact) mass is 283 g/mol. The van der Waals surface area contributed by atoms with Crippen molar-refractivity contribution in [1.29, 1.82) is 0 Å². The first-order valence-electron chi connectivity index (χ1n) is 8.04. The van der Waals surface area contributed by atoms with Gasteiger partial charge in [-0.2, -0.15) is 0 Å².